The topological polar surface area (TPSA) is 20.2 Å². The quantitative estimate of drug-likeness (QED) is 0.546. The van der Waals surface area contributed by atoms with Crippen LogP contribution in [0.25, 0.3) is 0 Å². The molecule has 1 saturated carbocycles. The first kappa shape index (κ1) is 13.8. The average molecular weight is 224 g/mol. The first-order chi connectivity index (χ1) is 7.93. The van der Waals surface area contributed by atoms with Crippen LogP contribution in [0.15, 0.2) is 11.6 Å². The van der Waals surface area contributed by atoms with E-state index in [1.165, 1.54) is 64.2 Å². The Morgan fingerprint density at radius 2 is 1.38 bits per heavy atom. The third-order valence-electron chi connectivity index (χ3n) is 3.54. The van der Waals surface area contributed by atoms with Gasteiger partial charge in [0.05, 0.1) is 0 Å². The first-order valence-electron chi connectivity index (χ1n) is 7.22. The van der Waals surface area contributed by atoms with E-state index in [0.29, 0.717) is 6.61 Å². The number of hydrogen-bond donors (Lipinski definition) is 1. The summed E-state index contributed by atoms with van der Waals surface area (Å²) in [5.74, 6) is 0. The van der Waals surface area contributed by atoms with Gasteiger partial charge < -0.3 is 5.11 Å². The van der Waals surface area contributed by atoms with Crippen LogP contribution in [0.2, 0.25) is 0 Å². The minimum atomic E-state index is 0.350. The van der Waals surface area contributed by atoms with Crippen LogP contribution in [0.4, 0.5) is 0 Å². The lowest BCUT2D eigenvalue weighted by Crippen LogP contribution is -1.91. The van der Waals surface area contributed by atoms with E-state index in [1.54, 1.807) is 5.57 Å². The first-order valence-corrected chi connectivity index (χ1v) is 7.22. The zero-order chi connectivity index (χ0) is 11.5. The zero-order valence-corrected chi connectivity index (χ0v) is 10.7. The molecule has 1 heteroatoms. The van der Waals surface area contributed by atoms with Crippen molar-refractivity contribution in [1.29, 1.82) is 0 Å². The largest absolute Gasteiger partial charge is 0.396 e. The third kappa shape index (κ3) is 7.05. The molecule has 1 nitrogen and oxygen atoms in total. The molecule has 16 heavy (non-hydrogen) atoms. The average Bonchev–Trinajstić information content (AvgIpc) is 2.32. The van der Waals surface area contributed by atoms with Crippen molar-refractivity contribution in [1.82, 2.24) is 0 Å². The van der Waals surface area contributed by atoms with Crippen molar-refractivity contribution in [2.45, 2.75) is 77.0 Å². The normalized spacial score (nSPS) is 19.4. The van der Waals surface area contributed by atoms with Gasteiger partial charge >= 0.3 is 0 Å². The van der Waals surface area contributed by atoms with Crippen LogP contribution in [-0.4, -0.2) is 11.7 Å². The van der Waals surface area contributed by atoms with E-state index < -0.39 is 0 Å². The Hall–Kier alpha value is -0.300. The van der Waals surface area contributed by atoms with Crippen molar-refractivity contribution in [3.05, 3.63) is 11.6 Å². The van der Waals surface area contributed by atoms with E-state index >= 15 is 0 Å². The second-order valence-corrected chi connectivity index (χ2v) is 5.06. The molecule has 0 radical (unpaired) electrons. The van der Waals surface area contributed by atoms with Crippen LogP contribution in [-0.2, 0) is 0 Å². The molecule has 0 amide bonds. The van der Waals surface area contributed by atoms with Gasteiger partial charge in [-0.15, -0.1) is 0 Å². The van der Waals surface area contributed by atoms with Crippen LogP contribution in [0.1, 0.15) is 77.0 Å². The van der Waals surface area contributed by atoms with Gasteiger partial charge in [0, 0.05) is 6.61 Å². The Kier molecular flexibility index (Phi) is 8.51. The minimum absolute atomic E-state index is 0.350. The van der Waals surface area contributed by atoms with Gasteiger partial charge in [-0.3, -0.25) is 0 Å². The van der Waals surface area contributed by atoms with Gasteiger partial charge in [-0.2, -0.15) is 0 Å². The number of allylic oxidation sites excluding steroid dienone is 2. The minimum Gasteiger partial charge on any atom is -0.396 e. The molecule has 0 aromatic heterocycles. The highest BCUT2D eigenvalue weighted by Crippen LogP contribution is 2.21. The lowest BCUT2D eigenvalue weighted by atomic mass is 9.96. The van der Waals surface area contributed by atoms with Crippen LogP contribution in [0.3, 0.4) is 0 Å². The van der Waals surface area contributed by atoms with Gasteiger partial charge in [-0.25, -0.2) is 0 Å². The highest BCUT2D eigenvalue weighted by Gasteiger charge is 2.01. The predicted molar refractivity (Wildman–Crippen MR) is 70.6 cm³/mol. The molecule has 1 aliphatic carbocycles. The van der Waals surface area contributed by atoms with E-state index in [2.05, 4.69) is 6.08 Å². The maximum Gasteiger partial charge on any atom is 0.0431 e. The number of aliphatic hydroxyl groups excluding tert-OH is 1. The second-order valence-electron chi connectivity index (χ2n) is 5.06. The summed E-state index contributed by atoms with van der Waals surface area (Å²) in [7, 11) is 0. The summed E-state index contributed by atoms with van der Waals surface area (Å²) in [6, 6.07) is 0. The van der Waals surface area contributed by atoms with Crippen LogP contribution < -0.4 is 0 Å². The summed E-state index contributed by atoms with van der Waals surface area (Å²) in [6.45, 7) is 0.350. The van der Waals surface area contributed by atoms with Gasteiger partial charge in [0.2, 0.25) is 0 Å². The molecule has 0 aromatic carbocycles. The summed E-state index contributed by atoms with van der Waals surface area (Å²) in [4.78, 5) is 0. The van der Waals surface area contributed by atoms with E-state index in [0.717, 1.165) is 12.8 Å². The molecule has 1 aliphatic rings. The fourth-order valence-electron chi connectivity index (χ4n) is 2.48. The van der Waals surface area contributed by atoms with Crippen molar-refractivity contribution < 1.29 is 5.11 Å². The fraction of sp³-hybridized carbons (Fsp3) is 0.867. The van der Waals surface area contributed by atoms with Crippen molar-refractivity contribution in [2.24, 2.45) is 0 Å². The number of aliphatic hydroxyl groups is 1. The number of rotatable bonds is 4. The predicted octanol–water partition coefficient (Wildman–Crippen LogP) is 4.60. The Bertz CT molecular complexity index is 172. The van der Waals surface area contributed by atoms with E-state index in [-0.39, 0.29) is 0 Å². The smallest absolute Gasteiger partial charge is 0.0431 e. The molecule has 0 heterocycles. The molecule has 0 aromatic rings. The maximum atomic E-state index is 8.73. The molecule has 0 atom stereocenters. The van der Waals surface area contributed by atoms with Crippen molar-refractivity contribution >= 4 is 0 Å². The van der Waals surface area contributed by atoms with E-state index in [4.69, 9.17) is 5.11 Å². The SMILES string of the molecule is OCCCCC=C1CCCCCCCCC1. The number of hydrogen-bond acceptors (Lipinski definition) is 1. The van der Waals surface area contributed by atoms with E-state index in [9.17, 15) is 0 Å². The maximum absolute atomic E-state index is 8.73. The van der Waals surface area contributed by atoms with Gasteiger partial charge in [0.15, 0.2) is 0 Å². The summed E-state index contributed by atoms with van der Waals surface area (Å²) in [5.41, 5.74) is 1.69. The van der Waals surface area contributed by atoms with Crippen molar-refractivity contribution in [3.63, 3.8) is 0 Å². The molecular weight excluding hydrogens is 196 g/mol. The van der Waals surface area contributed by atoms with Crippen molar-refractivity contribution in [3.8, 4) is 0 Å². The molecule has 0 bridgehead atoms. The highest BCUT2D eigenvalue weighted by atomic mass is 16.2. The molecule has 1 fully saturated rings. The second kappa shape index (κ2) is 9.89. The molecule has 94 valence electrons. The van der Waals surface area contributed by atoms with Crippen LogP contribution >= 0.6 is 0 Å². The summed E-state index contributed by atoms with van der Waals surface area (Å²) in [6.07, 6.45) is 18.4. The highest BCUT2D eigenvalue weighted by molar-refractivity contribution is 5.02. The van der Waals surface area contributed by atoms with E-state index in [1.807, 2.05) is 0 Å². The van der Waals surface area contributed by atoms with Gasteiger partial charge in [0.1, 0.15) is 0 Å². The standard InChI is InChI=1S/C15H28O/c16-14-10-6-9-13-15-11-7-4-2-1-3-5-8-12-15/h13,16H,1-12,14H2. The Morgan fingerprint density at radius 3 is 1.94 bits per heavy atom. The fourth-order valence-corrected chi connectivity index (χ4v) is 2.48. The summed E-state index contributed by atoms with van der Waals surface area (Å²) in [5, 5.41) is 8.73. The Labute approximate surface area is 101 Å². The molecular formula is C15H28O. The number of unbranched alkanes of at least 4 members (excludes halogenated alkanes) is 2. The molecule has 0 spiro atoms. The molecule has 0 aliphatic heterocycles. The molecule has 1 N–H and O–H groups in total. The lowest BCUT2D eigenvalue weighted by Gasteiger charge is -2.11. The van der Waals surface area contributed by atoms with Gasteiger partial charge in [-0.05, 0) is 44.9 Å². The molecule has 0 unspecified atom stereocenters. The summed E-state index contributed by atoms with van der Waals surface area (Å²) < 4.78 is 0. The van der Waals surface area contributed by atoms with Crippen molar-refractivity contribution in [2.75, 3.05) is 6.61 Å². The summed E-state index contributed by atoms with van der Waals surface area (Å²) >= 11 is 0. The molecule has 0 saturated heterocycles. The Balaban J connectivity index is 2.23. The van der Waals surface area contributed by atoms with Crippen LogP contribution in [0, 0.1) is 0 Å². The molecule has 1 rings (SSSR count). The van der Waals surface area contributed by atoms with Gasteiger partial charge in [-0.1, -0.05) is 43.8 Å². The Morgan fingerprint density at radius 1 is 0.812 bits per heavy atom. The zero-order valence-electron chi connectivity index (χ0n) is 10.7. The third-order valence-corrected chi connectivity index (χ3v) is 3.54. The monoisotopic (exact) mass is 224 g/mol. The van der Waals surface area contributed by atoms with Gasteiger partial charge in [0.25, 0.3) is 0 Å². The van der Waals surface area contributed by atoms with Crippen LogP contribution in [0.5, 0.6) is 0 Å². The lowest BCUT2D eigenvalue weighted by molar-refractivity contribution is 0.285.